The van der Waals surface area contributed by atoms with Crippen LogP contribution in [-0.4, -0.2) is 123 Å². The van der Waals surface area contributed by atoms with E-state index in [2.05, 4.69) is 190 Å². The lowest BCUT2D eigenvalue weighted by Gasteiger charge is -2.04. The lowest BCUT2D eigenvalue weighted by Crippen LogP contribution is -2.05. The molecule has 0 spiro atoms. The Morgan fingerprint density at radius 2 is 0.481 bits per heavy atom. The molecular weight excluding hydrogens is 1620 g/mol. The summed E-state index contributed by atoms with van der Waals surface area (Å²) in [7, 11) is 0. The first-order chi connectivity index (χ1) is 62.8. The van der Waals surface area contributed by atoms with Crippen molar-refractivity contribution >= 4 is 29.8 Å². The average molecular weight is 1780 g/mol. The van der Waals surface area contributed by atoms with E-state index in [9.17, 15) is 44.4 Å². The van der Waals surface area contributed by atoms with Crippen molar-refractivity contribution in [1.29, 1.82) is 0 Å². The maximum Gasteiger partial charge on any atom is 0.304 e. The van der Waals surface area contributed by atoms with E-state index >= 15 is 0 Å². The van der Waals surface area contributed by atoms with E-state index in [1.165, 1.54) is 0 Å². The van der Waals surface area contributed by atoms with Crippen LogP contribution >= 0.6 is 0 Å². The number of aliphatic hydroxyl groups excluding tert-OH is 4. The maximum absolute atomic E-state index is 10.4. The van der Waals surface area contributed by atoms with Gasteiger partial charge < -0.3 is 46.0 Å². The van der Waals surface area contributed by atoms with E-state index in [-0.39, 0.29) is 38.2 Å². The number of hydrogen-bond donors (Lipinski definition) is 11. The molecular formula is C111H158O18. The second-order valence-electron chi connectivity index (χ2n) is 28.1. The van der Waals surface area contributed by atoms with Gasteiger partial charge in [-0.1, -0.05) is 381 Å². The summed E-state index contributed by atoms with van der Waals surface area (Å²) >= 11 is 0. The monoisotopic (exact) mass is 1780 g/mol. The van der Waals surface area contributed by atoms with E-state index in [1.807, 2.05) is 164 Å². The van der Waals surface area contributed by atoms with Crippen LogP contribution < -0.4 is 0 Å². The topological polar surface area (TPSA) is 326 Å². The van der Waals surface area contributed by atoms with Crippen LogP contribution in [0.25, 0.3) is 0 Å². The standard InChI is InChI=1S/C23H32O2.C22H32O5.C22H30O4.C22H32O4.C22H32O3/c1-2-3-4-5-6-7-8-9-10-11-12-13-14-15-16-17-18-19-20-21-22-23(24)25;1-2-3-10-15-20(23)16-11-7-5-4-6-8-12-17-21(27-26)18-13-9-14-19-22(24)25;1-2-3-10-15-20(23)16-11-7-5-4-6-8-12-17-21(24)18-13-9-14-19-22(25)26;1-2-3-15-18-21(26-25)19-16-13-11-9-7-5-4-6-8-10-12-14-17-20-22(23)24;1-2-3-15-18-21(23)19-16-13-11-9-7-5-4-6-8-10-12-14-17-20-22(24)25/h3-4,6-7,9-10,12-13,15-16H,2,5,8,11,14,17,20-22H2,1H3,(H,24,25);3,5-13,16-17,20-21,23,26H,2,4,14-15,18-19H2,1H3,(H,24,25);3,5-8,10-12,16-17,20-21,23-24H,2,4,14-15,18-19H2,1H3,(H,25,26);3,5-8,11-16,19,21,25H,2,4,9-10,17-18,20H2,1H3,(H,23,24);3,5-8,11-16,19,21,23H,2,4,9-10,17-18,20H2,1H3,(H,24,25)/b4-3-,7-6-,10-9-,13-12-,16-15-;7-5-,8-6-,10-3-,13-9-,16-11+,17-12+;7-5-,8-6-,10-3-,16-11+,17-12+;2*7-5-,8-6-,13-11-,14-12-,15-3-,19-16+/t;20-,21?;20-,21+;2*21-/m.1001/s1. The number of unbranched alkanes of at least 4 members (excludes halogenated alkanes) is 1. The second-order valence-corrected chi connectivity index (χ2v) is 28.1. The lowest BCUT2D eigenvalue weighted by atomic mass is 10.2. The Morgan fingerprint density at radius 3 is 0.791 bits per heavy atom. The molecule has 0 aliphatic heterocycles. The fourth-order valence-electron chi connectivity index (χ4n) is 9.42. The van der Waals surface area contributed by atoms with Crippen LogP contribution in [0.5, 0.6) is 0 Å². The van der Waals surface area contributed by atoms with Crippen LogP contribution in [0.3, 0.4) is 0 Å². The molecule has 0 fully saturated rings. The van der Waals surface area contributed by atoms with Crippen molar-refractivity contribution in [2.45, 2.75) is 296 Å². The van der Waals surface area contributed by atoms with Crippen LogP contribution in [0.1, 0.15) is 259 Å². The van der Waals surface area contributed by atoms with E-state index < -0.39 is 60.4 Å². The molecule has 0 aliphatic rings. The molecule has 11 N–H and O–H groups in total. The van der Waals surface area contributed by atoms with Gasteiger partial charge in [-0.2, -0.15) is 0 Å². The molecule has 0 saturated heterocycles. The Bertz CT molecular complexity index is 3770. The lowest BCUT2D eigenvalue weighted by molar-refractivity contribution is -0.264. The molecule has 0 saturated carbocycles. The minimum absolute atomic E-state index is 0.0270. The minimum atomic E-state index is -0.866. The van der Waals surface area contributed by atoms with E-state index in [4.69, 9.17) is 36.0 Å². The molecule has 710 valence electrons. The van der Waals surface area contributed by atoms with Crippen LogP contribution in [-0.2, 0) is 33.7 Å². The highest BCUT2D eigenvalue weighted by Crippen LogP contribution is 2.08. The fraction of sp³-hybridized carbons (Fsp3) is 0.414. The molecule has 0 aliphatic carbocycles. The predicted octanol–water partition coefficient (Wildman–Crippen LogP) is 26.8. The van der Waals surface area contributed by atoms with Gasteiger partial charge in [-0.15, -0.1) is 17.8 Å². The van der Waals surface area contributed by atoms with Crippen molar-refractivity contribution in [1.82, 2.24) is 0 Å². The third-order valence-electron chi connectivity index (χ3n) is 16.2. The average Bonchev–Trinajstić information content (AvgIpc) is 1.01. The molecule has 0 bridgehead atoms. The summed E-state index contributed by atoms with van der Waals surface area (Å²) < 4.78 is 0. The number of aliphatic carboxylic acids is 5. The van der Waals surface area contributed by atoms with Gasteiger partial charge in [0.1, 0.15) is 12.2 Å². The number of allylic oxidation sites excluding steroid dienone is 45. The van der Waals surface area contributed by atoms with Gasteiger partial charge in [0.15, 0.2) is 0 Å². The zero-order valence-electron chi connectivity index (χ0n) is 77.8. The summed E-state index contributed by atoms with van der Waals surface area (Å²) in [4.78, 5) is 60.4. The Kier molecular flexibility index (Phi) is 109. The summed E-state index contributed by atoms with van der Waals surface area (Å²) in [5.41, 5.74) is 0. The number of rotatable bonds is 69. The minimum Gasteiger partial charge on any atom is -0.481 e. The van der Waals surface area contributed by atoms with E-state index in [1.54, 1.807) is 54.7 Å². The van der Waals surface area contributed by atoms with Gasteiger partial charge in [0.2, 0.25) is 0 Å². The van der Waals surface area contributed by atoms with Gasteiger partial charge >= 0.3 is 29.8 Å². The van der Waals surface area contributed by atoms with Crippen LogP contribution in [0, 0.1) is 23.7 Å². The number of carboxylic acid groups (broad SMARTS) is 5. The SMILES string of the molecule is CC/C=C\C/C=C\C/C=C\C/C=C\C/C=C\CC#CCCCC(=O)O.CC/C=C\C[C@@H](/C=C/C=C\C/C=C\C/C=C\C/C=C\CCC(=O)O)OO.CC/C=C\C[C@@H](O)/C=C/C=C\C/C=C\C/C=C\C/C=C\CCC(=O)O.CC/C=C\C[C@@H](O)/C=C/C=C\C/C=C\C=C\C(C/C=C\CCC(=O)O)OO.CC/C=C\C[C@H](O)/C=C/C=C\C/C=C\C=C\[C@@H](O)CC#CCCC(=O)O. The molecule has 0 aromatic rings. The predicted molar refractivity (Wildman–Crippen MR) is 539 cm³/mol. The first-order valence-corrected chi connectivity index (χ1v) is 45.5. The molecule has 6 atom stereocenters. The van der Waals surface area contributed by atoms with Gasteiger partial charge in [-0.25, -0.2) is 9.78 Å². The van der Waals surface area contributed by atoms with Crippen molar-refractivity contribution in [2.24, 2.45) is 0 Å². The van der Waals surface area contributed by atoms with Gasteiger partial charge in [-0.3, -0.25) is 34.5 Å². The Morgan fingerprint density at radius 1 is 0.240 bits per heavy atom. The first kappa shape index (κ1) is 126. The molecule has 0 rings (SSSR count). The number of carboxylic acids is 5. The number of aliphatic hydroxyl groups is 4. The fourth-order valence-corrected chi connectivity index (χ4v) is 9.42. The molecule has 0 aromatic heterocycles. The molecule has 0 aromatic carbocycles. The third-order valence-corrected chi connectivity index (χ3v) is 16.2. The van der Waals surface area contributed by atoms with Gasteiger partial charge in [0.05, 0.1) is 30.8 Å². The molecule has 18 nitrogen and oxygen atoms in total. The Balaban J connectivity index is -0.000000497. The Labute approximate surface area is 775 Å². The highest BCUT2D eigenvalue weighted by atomic mass is 17.1. The Hall–Kier alpha value is -11.1. The number of carbonyl (C=O) groups is 5. The first-order valence-electron chi connectivity index (χ1n) is 45.5. The highest BCUT2D eigenvalue weighted by molar-refractivity contribution is 5.68. The van der Waals surface area contributed by atoms with Crippen LogP contribution in [0.2, 0.25) is 0 Å². The molecule has 18 heteroatoms. The van der Waals surface area contributed by atoms with Crippen molar-refractivity contribution in [3.05, 3.63) is 340 Å². The van der Waals surface area contributed by atoms with Crippen molar-refractivity contribution in [3.8, 4) is 23.7 Å². The quantitative estimate of drug-likeness (QED) is 0.00673. The van der Waals surface area contributed by atoms with Crippen LogP contribution in [0.15, 0.2) is 340 Å². The highest BCUT2D eigenvalue weighted by Gasteiger charge is 2.03. The largest absolute Gasteiger partial charge is 0.481 e. The summed E-state index contributed by atoms with van der Waals surface area (Å²) in [6.07, 6.45) is 132. The molecule has 0 amide bonds. The van der Waals surface area contributed by atoms with Crippen molar-refractivity contribution in [3.63, 3.8) is 0 Å². The maximum atomic E-state index is 10.4. The van der Waals surface area contributed by atoms with Crippen LogP contribution in [0.4, 0.5) is 0 Å². The summed E-state index contributed by atoms with van der Waals surface area (Å²) in [5, 5.41) is 98.8. The zero-order valence-corrected chi connectivity index (χ0v) is 77.8. The smallest absolute Gasteiger partial charge is 0.304 e. The van der Waals surface area contributed by atoms with Gasteiger partial charge in [-0.05, 0) is 167 Å². The normalized spacial score (nSPS) is 14.1. The van der Waals surface area contributed by atoms with Crippen molar-refractivity contribution in [2.75, 3.05) is 0 Å². The van der Waals surface area contributed by atoms with E-state index in [0.717, 1.165) is 116 Å². The molecule has 1 unspecified atom stereocenters. The summed E-state index contributed by atoms with van der Waals surface area (Å²) in [6.45, 7) is 10.4. The zero-order chi connectivity index (χ0) is 95.9. The van der Waals surface area contributed by atoms with Gasteiger partial charge in [0.25, 0.3) is 0 Å². The van der Waals surface area contributed by atoms with Gasteiger partial charge in [0, 0.05) is 51.4 Å². The van der Waals surface area contributed by atoms with Crippen molar-refractivity contribution < 1.29 is 90.2 Å². The third kappa shape index (κ3) is 125. The van der Waals surface area contributed by atoms with E-state index in [0.29, 0.717) is 77.0 Å². The molecule has 129 heavy (non-hydrogen) atoms. The second kappa shape index (κ2) is 111. The number of hydrogen-bond acceptors (Lipinski definition) is 13. The summed E-state index contributed by atoms with van der Waals surface area (Å²) in [5.74, 6) is 7.54. The summed E-state index contributed by atoms with van der Waals surface area (Å²) in [6, 6.07) is 0. The molecule has 0 radical (unpaired) electrons. The molecule has 0 heterocycles.